The van der Waals surface area contributed by atoms with Crippen LogP contribution in [-0.4, -0.2) is 6.54 Å². The Bertz CT molecular complexity index is 759. The Kier molecular flexibility index (Phi) is 4.52. The van der Waals surface area contributed by atoms with Gasteiger partial charge in [0.25, 0.3) is 0 Å². The summed E-state index contributed by atoms with van der Waals surface area (Å²) in [6.45, 7) is 0.477. The second-order valence-electron chi connectivity index (χ2n) is 5.68. The minimum absolute atomic E-state index is 0.0799. The van der Waals surface area contributed by atoms with Crippen molar-refractivity contribution in [3.05, 3.63) is 83.4 Å². The zero-order valence-electron chi connectivity index (χ0n) is 12.7. The van der Waals surface area contributed by atoms with Gasteiger partial charge in [0.2, 0.25) is 0 Å². The van der Waals surface area contributed by atoms with E-state index in [1.54, 1.807) is 0 Å². The van der Waals surface area contributed by atoms with Crippen LogP contribution in [-0.2, 0) is 12.8 Å². The SMILES string of the molecule is NCC(N)c1ccccc1CCc1cccc2ccccc12. The van der Waals surface area contributed by atoms with E-state index in [-0.39, 0.29) is 6.04 Å². The molecular formula is C20H22N2. The first-order valence-corrected chi connectivity index (χ1v) is 7.79. The van der Waals surface area contributed by atoms with Gasteiger partial charge in [-0.3, -0.25) is 0 Å². The molecule has 1 unspecified atom stereocenters. The normalized spacial score (nSPS) is 12.5. The molecule has 2 heteroatoms. The van der Waals surface area contributed by atoms with E-state index in [0.717, 1.165) is 12.8 Å². The van der Waals surface area contributed by atoms with E-state index in [9.17, 15) is 0 Å². The predicted octanol–water partition coefficient (Wildman–Crippen LogP) is 3.58. The van der Waals surface area contributed by atoms with Crippen molar-refractivity contribution in [1.29, 1.82) is 0 Å². The molecule has 0 aliphatic heterocycles. The Morgan fingerprint density at radius 1 is 0.727 bits per heavy atom. The smallest absolute Gasteiger partial charge is 0.0422 e. The molecule has 3 rings (SSSR count). The Morgan fingerprint density at radius 2 is 1.36 bits per heavy atom. The summed E-state index contributed by atoms with van der Waals surface area (Å²) in [5, 5.41) is 2.64. The topological polar surface area (TPSA) is 52.0 Å². The van der Waals surface area contributed by atoms with Crippen LogP contribution >= 0.6 is 0 Å². The predicted molar refractivity (Wildman–Crippen MR) is 93.8 cm³/mol. The van der Waals surface area contributed by atoms with Crippen molar-refractivity contribution in [1.82, 2.24) is 0 Å². The summed E-state index contributed by atoms with van der Waals surface area (Å²) in [4.78, 5) is 0. The lowest BCUT2D eigenvalue weighted by molar-refractivity contribution is 0.723. The van der Waals surface area contributed by atoms with E-state index < -0.39 is 0 Å². The van der Waals surface area contributed by atoms with Crippen molar-refractivity contribution >= 4 is 10.8 Å². The first kappa shape index (κ1) is 14.8. The van der Waals surface area contributed by atoms with Gasteiger partial charge in [-0.1, -0.05) is 66.7 Å². The summed E-state index contributed by atoms with van der Waals surface area (Å²) in [6, 6.07) is 23.3. The Labute approximate surface area is 131 Å². The molecule has 3 aromatic rings. The molecule has 0 saturated heterocycles. The lowest BCUT2D eigenvalue weighted by Gasteiger charge is -2.15. The summed E-state index contributed by atoms with van der Waals surface area (Å²) >= 11 is 0. The van der Waals surface area contributed by atoms with E-state index in [4.69, 9.17) is 11.5 Å². The molecule has 0 heterocycles. The van der Waals surface area contributed by atoms with E-state index in [0.29, 0.717) is 6.54 Å². The van der Waals surface area contributed by atoms with Gasteiger partial charge in [0.15, 0.2) is 0 Å². The lowest BCUT2D eigenvalue weighted by atomic mass is 9.94. The Balaban J connectivity index is 1.86. The van der Waals surface area contributed by atoms with Crippen molar-refractivity contribution in [2.24, 2.45) is 11.5 Å². The molecule has 0 aliphatic rings. The summed E-state index contributed by atoms with van der Waals surface area (Å²) in [5.41, 5.74) is 15.7. The van der Waals surface area contributed by atoms with Gasteiger partial charge in [0.05, 0.1) is 0 Å². The van der Waals surface area contributed by atoms with Gasteiger partial charge in [0.1, 0.15) is 0 Å². The lowest BCUT2D eigenvalue weighted by Crippen LogP contribution is -2.22. The summed E-state index contributed by atoms with van der Waals surface area (Å²) in [6.07, 6.45) is 1.99. The summed E-state index contributed by atoms with van der Waals surface area (Å²) < 4.78 is 0. The molecule has 22 heavy (non-hydrogen) atoms. The number of rotatable bonds is 5. The van der Waals surface area contributed by atoms with Gasteiger partial charge in [-0.05, 0) is 40.3 Å². The highest BCUT2D eigenvalue weighted by Crippen LogP contribution is 2.22. The number of nitrogens with two attached hydrogens (primary N) is 2. The minimum atomic E-state index is -0.0799. The first-order valence-electron chi connectivity index (χ1n) is 7.79. The molecule has 3 aromatic carbocycles. The number of hydrogen-bond donors (Lipinski definition) is 2. The molecule has 0 amide bonds. The van der Waals surface area contributed by atoms with Crippen LogP contribution in [0.1, 0.15) is 22.7 Å². The van der Waals surface area contributed by atoms with Crippen molar-refractivity contribution in [3.8, 4) is 0 Å². The molecule has 0 aromatic heterocycles. The first-order chi connectivity index (χ1) is 10.8. The van der Waals surface area contributed by atoms with Crippen LogP contribution in [0, 0.1) is 0 Å². The van der Waals surface area contributed by atoms with Crippen LogP contribution < -0.4 is 11.5 Å². The maximum absolute atomic E-state index is 6.13. The molecule has 112 valence electrons. The van der Waals surface area contributed by atoms with Crippen LogP contribution in [0.15, 0.2) is 66.7 Å². The molecule has 0 bridgehead atoms. The van der Waals surface area contributed by atoms with Crippen molar-refractivity contribution in [2.75, 3.05) is 6.54 Å². The molecular weight excluding hydrogens is 268 g/mol. The van der Waals surface area contributed by atoms with Crippen molar-refractivity contribution in [2.45, 2.75) is 18.9 Å². The van der Waals surface area contributed by atoms with Gasteiger partial charge in [-0.2, -0.15) is 0 Å². The highest BCUT2D eigenvalue weighted by molar-refractivity contribution is 5.85. The maximum atomic E-state index is 6.13. The van der Waals surface area contributed by atoms with Gasteiger partial charge < -0.3 is 11.5 Å². The Hall–Kier alpha value is -2.16. The molecule has 1 atom stereocenters. The number of aryl methyl sites for hydroxylation is 2. The highest BCUT2D eigenvalue weighted by Gasteiger charge is 2.09. The van der Waals surface area contributed by atoms with E-state index in [1.807, 2.05) is 6.07 Å². The van der Waals surface area contributed by atoms with Gasteiger partial charge in [-0.15, -0.1) is 0 Å². The zero-order valence-corrected chi connectivity index (χ0v) is 12.7. The molecule has 0 fully saturated rings. The molecule has 4 N–H and O–H groups in total. The van der Waals surface area contributed by atoms with E-state index in [2.05, 4.69) is 60.7 Å². The zero-order chi connectivity index (χ0) is 15.4. The second kappa shape index (κ2) is 6.73. The minimum Gasteiger partial charge on any atom is -0.329 e. The Morgan fingerprint density at radius 3 is 2.23 bits per heavy atom. The van der Waals surface area contributed by atoms with Crippen LogP contribution in [0.3, 0.4) is 0 Å². The molecule has 2 nitrogen and oxygen atoms in total. The quantitative estimate of drug-likeness (QED) is 0.754. The largest absolute Gasteiger partial charge is 0.329 e. The van der Waals surface area contributed by atoms with Crippen LogP contribution in [0.5, 0.6) is 0 Å². The summed E-state index contributed by atoms with van der Waals surface area (Å²) in [5.74, 6) is 0. The van der Waals surface area contributed by atoms with Crippen LogP contribution in [0.25, 0.3) is 10.8 Å². The fourth-order valence-corrected chi connectivity index (χ4v) is 3.03. The average Bonchev–Trinajstić information content (AvgIpc) is 2.59. The number of hydrogen-bond acceptors (Lipinski definition) is 2. The van der Waals surface area contributed by atoms with Gasteiger partial charge in [0, 0.05) is 12.6 Å². The van der Waals surface area contributed by atoms with Crippen LogP contribution in [0.2, 0.25) is 0 Å². The third-order valence-corrected chi connectivity index (χ3v) is 4.25. The van der Waals surface area contributed by atoms with Gasteiger partial charge in [-0.25, -0.2) is 0 Å². The monoisotopic (exact) mass is 290 g/mol. The molecule has 0 aliphatic carbocycles. The molecule has 0 spiro atoms. The third kappa shape index (κ3) is 3.03. The van der Waals surface area contributed by atoms with E-state index >= 15 is 0 Å². The fraction of sp³-hybridized carbons (Fsp3) is 0.200. The van der Waals surface area contributed by atoms with Crippen LogP contribution in [0.4, 0.5) is 0 Å². The number of fused-ring (bicyclic) bond motifs is 1. The van der Waals surface area contributed by atoms with Crippen molar-refractivity contribution < 1.29 is 0 Å². The fourth-order valence-electron chi connectivity index (χ4n) is 3.03. The maximum Gasteiger partial charge on any atom is 0.0422 e. The van der Waals surface area contributed by atoms with Gasteiger partial charge >= 0.3 is 0 Å². The number of benzene rings is 3. The highest BCUT2D eigenvalue weighted by atomic mass is 14.7. The van der Waals surface area contributed by atoms with E-state index in [1.165, 1.54) is 27.5 Å². The molecule has 0 radical (unpaired) electrons. The summed E-state index contributed by atoms with van der Waals surface area (Å²) in [7, 11) is 0. The standard InChI is InChI=1S/C20H22N2/c21-14-20(22)19-11-4-2-7-17(19)13-12-16-9-5-8-15-6-1-3-10-18(15)16/h1-11,20H,12-14,21-22H2. The average molecular weight is 290 g/mol. The second-order valence-corrected chi connectivity index (χ2v) is 5.68. The molecule has 0 saturated carbocycles. The van der Waals surface area contributed by atoms with Crippen molar-refractivity contribution in [3.63, 3.8) is 0 Å². The third-order valence-electron chi connectivity index (χ3n) is 4.25.